The molecule has 2 rings (SSSR count). The Kier molecular flexibility index (Phi) is 3.87. The van der Waals surface area contributed by atoms with E-state index in [4.69, 9.17) is 0 Å². The second-order valence-electron chi connectivity index (χ2n) is 4.83. The zero-order valence-corrected chi connectivity index (χ0v) is 10.9. The molecule has 2 unspecified atom stereocenters. The second kappa shape index (κ2) is 5.40. The Morgan fingerprint density at radius 3 is 2.94 bits per heavy atom. The van der Waals surface area contributed by atoms with Gasteiger partial charge < -0.3 is 15.3 Å². The van der Waals surface area contributed by atoms with Crippen molar-refractivity contribution in [3.63, 3.8) is 0 Å². The number of carbonyl (C=O) groups is 1. The quantitative estimate of drug-likeness (QED) is 0.857. The number of nitrogens with one attached hydrogen (secondary N) is 1. The molecule has 0 fully saturated rings. The molecule has 1 aromatic carbocycles. The number of fused-ring (bicyclic) bond motifs is 1. The highest BCUT2D eigenvalue weighted by molar-refractivity contribution is 5.79. The van der Waals surface area contributed by atoms with Crippen LogP contribution in [-0.2, 0) is 11.3 Å². The van der Waals surface area contributed by atoms with E-state index in [0.29, 0.717) is 6.42 Å². The number of carboxylic acids is 1. The second-order valence-corrected chi connectivity index (χ2v) is 4.83. The van der Waals surface area contributed by atoms with Crippen LogP contribution in [0.25, 0.3) is 0 Å². The van der Waals surface area contributed by atoms with Gasteiger partial charge in [0.15, 0.2) is 0 Å². The first-order valence-corrected chi connectivity index (χ1v) is 6.44. The summed E-state index contributed by atoms with van der Waals surface area (Å²) in [6, 6.07) is 7.87. The maximum atomic E-state index is 11.4. The summed E-state index contributed by atoms with van der Waals surface area (Å²) in [6.45, 7) is 5.53. The highest BCUT2D eigenvalue weighted by Gasteiger charge is 2.28. The molecule has 0 aliphatic carbocycles. The third-order valence-corrected chi connectivity index (χ3v) is 3.46. The lowest BCUT2D eigenvalue weighted by molar-refractivity contribution is -0.138. The maximum Gasteiger partial charge on any atom is 0.326 e. The fraction of sp³-hybridized carbons (Fsp3) is 0.500. The van der Waals surface area contributed by atoms with Crippen LogP contribution in [0.3, 0.4) is 0 Å². The molecule has 1 heterocycles. The lowest BCUT2D eigenvalue weighted by Crippen LogP contribution is -2.45. The summed E-state index contributed by atoms with van der Waals surface area (Å²) in [5.74, 6) is -0.749. The minimum absolute atomic E-state index is 0.283. The minimum Gasteiger partial charge on any atom is -0.480 e. The predicted molar refractivity (Wildman–Crippen MR) is 71.8 cm³/mol. The van der Waals surface area contributed by atoms with Crippen LogP contribution in [0.1, 0.15) is 25.8 Å². The number of nitrogens with zero attached hydrogens (tertiary/aromatic N) is 1. The highest BCUT2D eigenvalue weighted by Crippen LogP contribution is 2.26. The van der Waals surface area contributed by atoms with Crippen molar-refractivity contribution in [2.75, 3.05) is 11.4 Å². The monoisotopic (exact) mass is 248 g/mol. The van der Waals surface area contributed by atoms with Crippen LogP contribution in [-0.4, -0.2) is 29.7 Å². The Bertz CT molecular complexity index is 434. The Morgan fingerprint density at radius 2 is 2.28 bits per heavy atom. The average Bonchev–Trinajstić information content (AvgIpc) is 2.51. The van der Waals surface area contributed by atoms with Crippen LogP contribution >= 0.6 is 0 Å². The van der Waals surface area contributed by atoms with E-state index >= 15 is 0 Å². The molecule has 1 aliphatic rings. The standard InChI is InChI=1S/C14H20N2O2/c1-3-12(14(17)18)16-9-10(2)15-8-11-6-4-5-7-13(11)16/h4-7,10,12,15H,3,8-9H2,1-2H3,(H,17,18). The van der Waals surface area contributed by atoms with Gasteiger partial charge in [0.05, 0.1) is 0 Å². The number of hydrogen-bond acceptors (Lipinski definition) is 3. The van der Waals surface area contributed by atoms with Gasteiger partial charge in [-0.25, -0.2) is 4.79 Å². The number of aliphatic carboxylic acids is 1. The van der Waals surface area contributed by atoms with Crippen molar-refractivity contribution >= 4 is 11.7 Å². The molecule has 2 atom stereocenters. The Labute approximate surface area is 108 Å². The van der Waals surface area contributed by atoms with Gasteiger partial charge in [0.1, 0.15) is 6.04 Å². The van der Waals surface area contributed by atoms with Gasteiger partial charge in [0.25, 0.3) is 0 Å². The molecule has 2 N–H and O–H groups in total. The van der Waals surface area contributed by atoms with E-state index in [-0.39, 0.29) is 6.04 Å². The summed E-state index contributed by atoms with van der Waals surface area (Å²) in [5, 5.41) is 12.8. The van der Waals surface area contributed by atoms with Crippen molar-refractivity contribution in [1.29, 1.82) is 0 Å². The SMILES string of the molecule is CCC(C(=O)O)N1CC(C)NCc2ccccc21. The molecule has 0 amide bonds. The van der Waals surface area contributed by atoms with Crippen molar-refractivity contribution < 1.29 is 9.90 Å². The number of anilines is 1. The van der Waals surface area contributed by atoms with Crippen LogP contribution in [0.5, 0.6) is 0 Å². The molecule has 0 saturated carbocycles. The van der Waals surface area contributed by atoms with Gasteiger partial charge in [-0.2, -0.15) is 0 Å². The Hall–Kier alpha value is -1.55. The summed E-state index contributed by atoms with van der Waals surface area (Å²) < 4.78 is 0. The molecular formula is C14H20N2O2. The summed E-state index contributed by atoms with van der Waals surface area (Å²) in [7, 11) is 0. The Morgan fingerprint density at radius 1 is 1.56 bits per heavy atom. The van der Waals surface area contributed by atoms with E-state index in [1.807, 2.05) is 30.0 Å². The van der Waals surface area contributed by atoms with E-state index in [0.717, 1.165) is 18.8 Å². The number of carboxylic acid groups (broad SMARTS) is 1. The van der Waals surface area contributed by atoms with Crippen molar-refractivity contribution in [2.45, 2.75) is 38.9 Å². The third kappa shape index (κ3) is 2.48. The normalized spacial score (nSPS) is 21.0. The summed E-state index contributed by atoms with van der Waals surface area (Å²) in [6.07, 6.45) is 0.608. The first-order valence-electron chi connectivity index (χ1n) is 6.44. The molecule has 1 aromatic rings. The zero-order chi connectivity index (χ0) is 13.1. The van der Waals surface area contributed by atoms with Gasteiger partial charge in [-0.15, -0.1) is 0 Å². The van der Waals surface area contributed by atoms with E-state index < -0.39 is 12.0 Å². The summed E-state index contributed by atoms with van der Waals surface area (Å²) >= 11 is 0. The van der Waals surface area contributed by atoms with Crippen LogP contribution < -0.4 is 10.2 Å². The molecule has 18 heavy (non-hydrogen) atoms. The molecule has 0 bridgehead atoms. The average molecular weight is 248 g/mol. The third-order valence-electron chi connectivity index (χ3n) is 3.46. The lowest BCUT2D eigenvalue weighted by Gasteiger charge is -2.31. The van der Waals surface area contributed by atoms with Crippen LogP contribution in [0, 0.1) is 0 Å². The zero-order valence-electron chi connectivity index (χ0n) is 10.9. The Balaban J connectivity index is 2.40. The van der Waals surface area contributed by atoms with E-state index in [1.165, 1.54) is 5.56 Å². The number of para-hydroxylation sites is 1. The molecule has 4 nitrogen and oxygen atoms in total. The fourth-order valence-corrected chi connectivity index (χ4v) is 2.51. The number of rotatable bonds is 3. The smallest absolute Gasteiger partial charge is 0.326 e. The molecule has 4 heteroatoms. The van der Waals surface area contributed by atoms with Crippen LogP contribution in [0.4, 0.5) is 5.69 Å². The van der Waals surface area contributed by atoms with E-state index in [1.54, 1.807) is 0 Å². The highest BCUT2D eigenvalue weighted by atomic mass is 16.4. The molecule has 0 aromatic heterocycles. The van der Waals surface area contributed by atoms with Gasteiger partial charge in [-0.3, -0.25) is 0 Å². The van der Waals surface area contributed by atoms with Crippen LogP contribution in [0.2, 0.25) is 0 Å². The van der Waals surface area contributed by atoms with Crippen molar-refractivity contribution in [3.05, 3.63) is 29.8 Å². The molecule has 0 saturated heterocycles. The van der Waals surface area contributed by atoms with Crippen molar-refractivity contribution in [2.24, 2.45) is 0 Å². The summed E-state index contributed by atoms with van der Waals surface area (Å²) in [5.41, 5.74) is 2.21. The lowest BCUT2D eigenvalue weighted by atomic mass is 10.1. The minimum atomic E-state index is -0.749. The van der Waals surface area contributed by atoms with Crippen molar-refractivity contribution in [1.82, 2.24) is 5.32 Å². The first kappa shape index (κ1) is 12.9. The predicted octanol–water partition coefficient (Wildman–Crippen LogP) is 1.85. The van der Waals surface area contributed by atoms with Crippen molar-refractivity contribution in [3.8, 4) is 0 Å². The molecular weight excluding hydrogens is 228 g/mol. The first-order chi connectivity index (χ1) is 8.63. The molecule has 98 valence electrons. The molecule has 0 spiro atoms. The summed E-state index contributed by atoms with van der Waals surface area (Å²) in [4.78, 5) is 13.4. The van der Waals surface area contributed by atoms with Gasteiger partial charge in [-0.1, -0.05) is 25.1 Å². The van der Waals surface area contributed by atoms with Gasteiger partial charge >= 0.3 is 5.97 Å². The fourth-order valence-electron chi connectivity index (χ4n) is 2.51. The largest absolute Gasteiger partial charge is 0.480 e. The number of benzene rings is 1. The van der Waals surface area contributed by atoms with Gasteiger partial charge in [0, 0.05) is 24.8 Å². The number of hydrogen-bond donors (Lipinski definition) is 2. The van der Waals surface area contributed by atoms with E-state index in [2.05, 4.69) is 18.3 Å². The van der Waals surface area contributed by atoms with Gasteiger partial charge in [-0.05, 0) is 25.0 Å². The molecule has 1 aliphatic heterocycles. The van der Waals surface area contributed by atoms with Gasteiger partial charge in [0.2, 0.25) is 0 Å². The topological polar surface area (TPSA) is 52.6 Å². The van der Waals surface area contributed by atoms with E-state index in [9.17, 15) is 9.90 Å². The molecule has 0 radical (unpaired) electrons. The van der Waals surface area contributed by atoms with Crippen LogP contribution in [0.15, 0.2) is 24.3 Å². The maximum absolute atomic E-state index is 11.4.